The number of hydrogen-bond donors (Lipinski definition) is 0. The van der Waals surface area contributed by atoms with Crippen molar-refractivity contribution in [3.05, 3.63) is 158 Å². The van der Waals surface area contributed by atoms with Crippen LogP contribution in [0.15, 0.2) is 158 Å². The maximum atomic E-state index is 6.53. The molecule has 0 saturated carbocycles. The molecule has 8 aromatic rings. The molecule has 12 nitrogen and oxygen atoms in total. The summed E-state index contributed by atoms with van der Waals surface area (Å²) in [6.07, 6.45) is 0. The van der Waals surface area contributed by atoms with E-state index in [0.29, 0.717) is 69.0 Å². The summed E-state index contributed by atoms with van der Waals surface area (Å²) in [5.74, 6) is 6.43. The second kappa shape index (κ2) is 23.0. The van der Waals surface area contributed by atoms with E-state index in [1.165, 1.54) is 0 Å². The van der Waals surface area contributed by atoms with Gasteiger partial charge in [0.05, 0.1) is 0 Å². The Morgan fingerprint density at radius 1 is 0.189 bits per heavy atom. The fourth-order valence-electron chi connectivity index (χ4n) is 10.9. The number of methoxy groups -OCH3 is 12. The van der Waals surface area contributed by atoms with Crippen molar-refractivity contribution in [1.82, 2.24) is 0 Å². The van der Waals surface area contributed by atoms with E-state index in [9.17, 15) is 0 Å². The van der Waals surface area contributed by atoms with E-state index in [0.717, 1.165) is 53.6 Å². The molecule has 0 atom stereocenters. The van der Waals surface area contributed by atoms with Crippen LogP contribution < -0.4 is 99.3 Å². The summed E-state index contributed by atoms with van der Waals surface area (Å²) in [6, 6.07) is 53.0. The van der Waals surface area contributed by atoms with Crippen molar-refractivity contribution in [3.63, 3.8) is 0 Å². The van der Waals surface area contributed by atoms with Gasteiger partial charge < -0.3 is 0 Å². The van der Waals surface area contributed by atoms with E-state index in [1.54, 1.807) is 85.3 Å². The van der Waals surface area contributed by atoms with Gasteiger partial charge in [-0.05, 0) is 0 Å². The average molecular weight is 1040 g/mol. The van der Waals surface area contributed by atoms with Crippen LogP contribution in [0, 0.1) is 0 Å². The van der Waals surface area contributed by atoms with Gasteiger partial charge in [0, 0.05) is 0 Å². The molecule has 0 spiro atoms. The van der Waals surface area contributed by atoms with E-state index >= 15 is 0 Å². The first-order valence-electron chi connectivity index (χ1n) is 23.7. The van der Waals surface area contributed by atoms with Gasteiger partial charge in [0.15, 0.2) is 0 Å². The van der Waals surface area contributed by atoms with Crippen molar-refractivity contribution in [2.45, 2.75) is 0 Å². The van der Waals surface area contributed by atoms with Crippen LogP contribution in [0.3, 0.4) is 0 Å². The quantitative estimate of drug-likeness (QED) is 0.0648. The van der Waals surface area contributed by atoms with Gasteiger partial charge in [0.25, 0.3) is 0 Å². The van der Waals surface area contributed by atoms with Gasteiger partial charge in [0.1, 0.15) is 0 Å². The second-order valence-corrected chi connectivity index (χ2v) is 24.1. The van der Waals surface area contributed by atoms with E-state index in [-0.39, 0.29) is 0 Å². The summed E-state index contributed by atoms with van der Waals surface area (Å²) >= 11 is 0. The Kier molecular flexibility index (Phi) is 16.3. The SMILES string of the molecule is COc1cccc([PH](c2ccccc2-c2ccccc2[PH](c2cccc(OC)c2OC)(c2cccc(OC)c2OC)c2cccc(OC)c2OC)(c2cccc(OC)c2OC)c2cccc(OC)c2OC)c1OC. The number of hydrogen-bond acceptors (Lipinski definition) is 12. The minimum atomic E-state index is -4.02. The fourth-order valence-corrected chi connectivity index (χ4v) is 21.8. The van der Waals surface area contributed by atoms with Crippen LogP contribution in [0.4, 0.5) is 0 Å². The third-order valence-electron chi connectivity index (χ3n) is 13.8. The van der Waals surface area contributed by atoms with Gasteiger partial charge in [-0.25, -0.2) is 0 Å². The third kappa shape index (κ3) is 8.46. The zero-order chi connectivity index (χ0) is 52.6. The Bertz CT molecular complexity index is 2780. The van der Waals surface area contributed by atoms with Crippen molar-refractivity contribution in [3.8, 4) is 80.1 Å². The molecular formula is C60H64O12P2. The molecule has 0 radical (unpaired) electrons. The van der Waals surface area contributed by atoms with Crippen molar-refractivity contribution < 1.29 is 56.8 Å². The summed E-state index contributed by atoms with van der Waals surface area (Å²) in [7, 11) is 11.8. The van der Waals surface area contributed by atoms with Crippen LogP contribution in [0.5, 0.6) is 69.0 Å². The molecule has 0 bridgehead atoms. The Balaban J connectivity index is 1.71. The van der Waals surface area contributed by atoms with Gasteiger partial charge in [-0.15, -0.1) is 0 Å². The van der Waals surface area contributed by atoms with Gasteiger partial charge in [0.2, 0.25) is 0 Å². The molecule has 0 heterocycles. The van der Waals surface area contributed by atoms with E-state index in [2.05, 4.69) is 84.9 Å². The molecule has 0 unspecified atom stereocenters. The number of benzene rings is 8. The first kappa shape index (κ1) is 52.5. The fraction of sp³-hybridized carbons (Fsp3) is 0.200. The Morgan fingerprint density at radius 3 is 0.541 bits per heavy atom. The summed E-state index contributed by atoms with van der Waals surface area (Å²) in [6.45, 7) is 0. The molecule has 0 aliphatic heterocycles. The zero-order valence-electron chi connectivity index (χ0n) is 43.9. The number of rotatable bonds is 21. The van der Waals surface area contributed by atoms with Gasteiger partial charge in [-0.1, -0.05) is 0 Å². The molecule has 8 aromatic carbocycles. The van der Waals surface area contributed by atoms with Crippen molar-refractivity contribution >= 4 is 57.0 Å². The van der Waals surface area contributed by atoms with E-state index in [4.69, 9.17) is 56.8 Å². The normalized spacial score (nSPS) is 11.7. The van der Waals surface area contributed by atoms with Crippen molar-refractivity contribution in [2.24, 2.45) is 0 Å². The van der Waals surface area contributed by atoms with Crippen molar-refractivity contribution in [1.29, 1.82) is 0 Å². The van der Waals surface area contributed by atoms with Gasteiger partial charge >= 0.3 is 437 Å². The predicted molar refractivity (Wildman–Crippen MR) is 303 cm³/mol. The monoisotopic (exact) mass is 1040 g/mol. The Labute approximate surface area is 435 Å². The maximum absolute atomic E-state index is 6.53. The first-order valence-corrected chi connectivity index (χ1v) is 27.7. The van der Waals surface area contributed by atoms with E-state index in [1.807, 2.05) is 72.8 Å². The molecule has 8 rings (SSSR count). The van der Waals surface area contributed by atoms with Crippen LogP contribution in [0.2, 0.25) is 0 Å². The molecule has 74 heavy (non-hydrogen) atoms. The summed E-state index contributed by atoms with van der Waals surface area (Å²) < 4.78 is 76.1. The zero-order valence-corrected chi connectivity index (χ0v) is 45.9. The second-order valence-electron chi connectivity index (χ2n) is 16.8. The van der Waals surface area contributed by atoms with E-state index < -0.39 is 14.5 Å². The molecule has 386 valence electrons. The Hall–Kier alpha value is -7.78. The van der Waals surface area contributed by atoms with Gasteiger partial charge in [-0.3, -0.25) is 0 Å². The molecule has 0 aromatic heterocycles. The predicted octanol–water partition coefficient (Wildman–Crippen LogP) is 8.16. The van der Waals surface area contributed by atoms with Crippen LogP contribution in [-0.2, 0) is 0 Å². The molecule has 0 fully saturated rings. The summed E-state index contributed by atoms with van der Waals surface area (Å²) in [5.41, 5.74) is 1.77. The van der Waals surface area contributed by atoms with Gasteiger partial charge in [-0.2, -0.15) is 0 Å². The molecule has 0 aliphatic carbocycles. The molecule has 0 amide bonds. The topological polar surface area (TPSA) is 111 Å². The first-order chi connectivity index (χ1) is 36.2. The van der Waals surface area contributed by atoms with Crippen LogP contribution in [-0.4, -0.2) is 85.3 Å². The minimum absolute atomic E-state index is 0.534. The van der Waals surface area contributed by atoms with Crippen LogP contribution in [0.25, 0.3) is 11.1 Å². The number of ether oxygens (including phenoxy) is 12. The average Bonchev–Trinajstić information content (AvgIpc) is 3.47. The van der Waals surface area contributed by atoms with Crippen LogP contribution >= 0.6 is 14.5 Å². The van der Waals surface area contributed by atoms with Crippen molar-refractivity contribution in [2.75, 3.05) is 85.3 Å². The third-order valence-corrected chi connectivity index (χ3v) is 23.5. The summed E-state index contributed by atoms with van der Waals surface area (Å²) in [5, 5.41) is 6.90. The standard InChI is InChI=1S/C60H64O12P2/c1-61-41-25-17-33-49(55(41)67-7)73(50-34-18-26-42(62-2)56(50)68-8,51-35-19-27-43(63-3)57(51)69-9)47-31-15-13-23-39(47)40-24-14-16-32-48(40)74(52-36-20-28-44(64-4)58(52)70-10,53-37-21-29-45(65-5)59(53)71-11)54-38-22-30-46(66-6)60(54)72-12/h13-38,73-74H,1-12H3. The Morgan fingerprint density at radius 2 is 0.365 bits per heavy atom. The molecular weight excluding hydrogens is 975 g/mol. The van der Waals surface area contributed by atoms with Crippen LogP contribution in [0.1, 0.15) is 0 Å². The summed E-state index contributed by atoms with van der Waals surface area (Å²) in [4.78, 5) is 0. The number of para-hydroxylation sites is 6. The molecule has 0 saturated heterocycles. The molecule has 0 aliphatic rings. The molecule has 14 heteroatoms. The molecule has 0 N–H and O–H groups in total.